The van der Waals surface area contributed by atoms with Crippen molar-refractivity contribution in [1.29, 1.82) is 0 Å². The Morgan fingerprint density at radius 3 is 2.27 bits per heavy atom. The lowest BCUT2D eigenvalue weighted by atomic mass is 9.96. The van der Waals surface area contributed by atoms with Crippen LogP contribution >= 0.6 is 12.4 Å². The number of piperidine rings is 1. The lowest BCUT2D eigenvalue weighted by Gasteiger charge is -2.41. The lowest BCUT2D eigenvalue weighted by Crippen LogP contribution is -2.60. The van der Waals surface area contributed by atoms with Gasteiger partial charge in [0, 0.05) is 25.2 Å². The van der Waals surface area contributed by atoms with E-state index >= 15 is 0 Å². The van der Waals surface area contributed by atoms with Crippen LogP contribution in [0.2, 0.25) is 0 Å². The van der Waals surface area contributed by atoms with Crippen LogP contribution in [-0.4, -0.2) is 43.6 Å². The van der Waals surface area contributed by atoms with Gasteiger partial charge in [0.2, 0.25) is 10.0 Å². The Labute approximate surface area is 97.9 Å². The van der Waals surface area contributed by atoms with Crippen LogP contribution in [0.5, 0.6) is 0 Å². The number of nitrogens with zero attached hydrogens (tertiary/aromatic N) is 1. The summed E-state index contributed by atoms with van der Waals surface area (Å²) in [5.41, 5.74) is 0. The molecule has 2 aliphatic rings. The molecule has 0 amide bonds. The summed E-state index contributed by atoms with van der Waals surface area (Å²) in [5.74, 6) is 0.229. The van der Waals surface area contributed by atoms with Gasteiger partial charge in [0.25, 0.3) is 0 Å². The molecular formula is C9H19ClN2O2S. The van der Waals surface area contributed by atoms with Gasteiger partial charge in [0.1, 0.15) is 0 Å². The van der Waals surface area contributed by atoms with Crippen molar-refractivity contribution in [2.75, 3.05) is 18.8 Å². The predicted octanol–water partition coefficient (Wildman–Crippen LogP) is 0.584. The summed E-state index contributed by atoms with van der Waals surface area (Å²) in [6, 6.07) is 0.785. The first-order valence-corrected chi connectivity index (χ1v) is 6.96. The summed E-state index contributed by atoms with van der Waals surface area (Å²) < 4.78 is 25.0. The van der Waals surface area contributed by atoms with Crippen molar-refractivity contribution in [2.24, 2.45) is 0 Å². The third-order valence-corrected chi connectivity index (χ3v) is 5.00. The Kier molecular flexibility index (Phi) is 4.40. The van der Waals surface area contributed by atoms with E-state index in [0.29, 0.717) is 25.2 Å². The van der Waals surface area contributed by atoms with Crippen molar-refractivity contribution in [2.45, 2.75) is 38.3 Å². The van der Waals surface area contributed by atoms with Gasteiger partial charge >= 0.3 is 0 Å². The Bertz CT molecular complexity index is 295. The van der Waals surface area contributed by atoms with E-state index in [9.17, 15) is 8.42 Å². The highest BCUT2D eigenvalue weighted by Gasteiger charge is 2.34. The Morgan fingerprint density at radius 2 is 1.80 bits per heavy atom. The van der Waals surface area contributed by atoms with Crippen LogP contribution in [0.4, 0.5) is 0 Å². The fourth-order valence-electron chi connectivity index (χ4n) is 2.37. The Balaban J connectivity index is 0.00000112. The van der Waals surface area contributed by atoms with Crippen molar-refractivity contribution >= 4 is 22.4 Å². The zero-order chi connectivity index (χ0) is 10.2. The topological polar surface area (TPSA) is 49.4 Å². The van der Waals surface area contributed by atoms with E-state index in [1.807, 2.05) is 0 Å². The number of sulfonamides is 1. The molecule has 2 aliphatic heterocycles. The molecule has 2 saturated heterocycles. The normalized spacial score (nSPS) is 32.1. The van der Waals surface area contributed by atoms with Crippen LogP contribution in [0.25, 0.3) is 0 Å². The first kappa shape index (κ1) is 13.2. The zero-order valence-electron chi connectivity index (χ0n) is 8.98. The number of nitrogens with one attached hydrogen (secondary N) is 1. The number of rotatable bonds is 2. The molecule has 2 bridgehead atoms. The molecule has 0 saturated carbocycles. The first-order valence-electron chi connectivity index (χ1n) is 5.35. The monoisotopic (exact) mass is 254 g/mol. The molecule has 0 spiro atoms. The zero-order valence-corrected chi connectivity index (χ0v) is 10.6. The number of hydrogen-bond donors (Lipinski definition) is 1. The molecule has 6 heteroatoms. The number of halogens is 1. The van der Waals surface area contributed by atoms with Gasteiger partial charge in [-0.2, -0.15) is 4.31 Å². The molecule has 0 aliphatic carbocycles. The summed E-state index contributed by atoms with van der Waals surface area (Å²) in [6.07, 6.45) is 3.47. The average Bonchev–Trinajstić information content (AvgIpc) is 2.17. The maximum absolute atomic E-state index is 11.7. The van der Waals surface area contributed by atoms with Crippen LogP contribution in [0.1, 0.15) is 26.2 Å². The second-order valence-corrected chi connectivity index (χ2v) is 6.47. The van der Waals surface area contributed by atoms with Crippen molar-refractivity contribution < 1.29 is 8.42 Å². The van der Waals surface area contributed by atoms with Crippen LogP contribution in [0, 0.1) is 0 Å². The van der Waals surface area contributed by atoms with E-state index in [0.717, 1.165) is 12.8 Å². The SMILES string of the molecule is CCS(=O)(=O)N1CC2CCCC(C1)N2.Cl. The quantitative estimate of drug-likeness (QED) is 0.785. The fraction of sp³-hybridized carbons (Fsp3) is 1.00. The molecule has 2 unspecified atom stereocenters. The third-order valence-electron chi connectivity index (χ3n) is 3.18. The summed E-state index contributed by atoms with van der Waals surface area (Å²) in [5, 5.41) is 3.47. The molecular weight excluding hydrogens is 236 g/mol. The third kappa shape index (κ3) is 2.84. The summed E-state index contributed by atoms with van der Waals surface area (Å²) in [4.78, 5) is 0. The van der Waals surface area contributed by atoms with Crippen LogP contribution in [0.15, 0.2) is 0 Å². The Morgan fingerprint density at radius 1 is 1.27 bits per heavy atom. The lowest BCUT2D eigenvalue weighted by molar-refractivity contribution is 0.190. The molecule has 15 heavy (non-hydrogen) atoms. The first-order chi connectivity index (χ1) is 6.62. The highest BCUT2D eigenvalue weighted by Crippen LogP contribution is 2.21. The summed E-state index contributed by atoms with van der Waals surface area (Å²) >= 11 is 0. The van der Waals surface area contributed by atoms with Gasteiger partial charge in [-0.15, -0.1) is 12.4 Å². The van der Waals surface area contributed by atoms with E-state index in [4.69, 9.17) is 0 Å². The minimum absolute atomic E-state index is 0. The maximum Gasteiger partial charge on any atom is 0.213 e. The highest BCUT2D eigenvalue weighted by molar-refractivity contribution is 7.89. The van der Waals surface area contributed by atoms with Crippen molar-refractivity contribution in [3.05, 3.63) is 0 Å². The van der Waals surface area contributed by atoms with E-state index < -0.39 is 10.0 Å². The van der Waals surface area contributed by atoms with Crippen LogP contribution < -0.4 is 5.32 Å². The van der Waals surface area contributed by atoms with Gasteiger partial charge in [-0.1, -0.05) is 6.42 Å². The number of hydrogen-bond acceptors (Lipinski definition) is 3. The molecule has 2 rings (SSSR count). The predicted molar refractivity (Wildman–Crippen MR) is 62.8 cm³/mol. The van der Waals surface area contributed by atoms with Gasteiger partial charge in [-0.3, -0.25) is 0 Å². The minimum Gasteiger partial charge on any atom is -0.309 e. The molecule has 4 nitrogen and oxygen atoms in total. The second kappa shape index (κ2) is 4.99. The largest absolute Gasteiger partial charge is 0.309 e. The molecule has 90 valence electrons. The smallest absolute Gasteiger partial charge is 0.213 e. The summed E-state index contributed by atoms with van der Waals surface area (Å²) in [6.45, 7) is 3.06. The number of piperazine rings is 1. The minimum atomic E-state index is -2.97. The molecule has 2 atom stereocenters. The van der Waals surface area contributed by atoms with Crippen LogP contribution in [-0.2, 0) is 10.0 Å². The van der Waals surface area contributed by atoms with Crippen LogP contribution in [0.3, 0.4) is 0 Å². The molecule has 2 fully saturated rings. The van der Waals surface area contributed by atoms with E-state index in [1.165, 1.54) is 6.42 Å². The molecule has 1 N–H and O–H groups in total. The van der Waals surface area contributed by atoms with Crippen molar-refractivity contribution in [3.8, 4) is 0 Å². The van der Waals surface area contributed by atoms with Gasteiger partial charge in [-0.25, -0.2) is 8.42 Å². The molecule has 0 aromatic heterocycles. The average molecular weight is 255 g/mol. The fourth-order valence-corrected chi connectivity index (χ4v) is 3.55. The van der Waals surface area contributed by atoms with Gasteiger partial charge in [0.15, 0.2) is 0 Å². The van der Waals surface area contributed by atoms with Gasteiger partial charge in [0.05, 0.1) is 5.75 Å². The molecule has 2 heterocycles. The maximum atomic E-state index is 11.7. The summed E-state index contributed by atoms with van der Waals surface area (Å²) in [7, 11) is -2.97. The van der Waals surface area contributed by atoms with Gasteiger partial charge in [-0.05, 0) is 19.8 Å². The number of fused-ring (bicyclic) bond motifs is 2. The van der Waals surface area contributed by atoms with E-state index in [-0.39, 0.29) is 18.2 Å². The van der Waals surface area contributed by atoms with E-state index in [1.54, 1.807) is 11.2 Å². The van der Waals surface area contributed by atoms with Crippen molar-refractivity contribution in [3.63, 3.8) is 0 Å². The standard InChI is InChI=1S/C9H18N2O2S.ClH/c1-2-14(12,13)11-6-8-4-3-5-9(7-11)10-8;/h8-10H,2-7H2,1H3;1H. The molecule has 0 aromatic rings. The Hall–Kier alpha value is 0.160. The highest BCUT2D eigenvalue weighted by atomic mass is 35.5. The van der Waals surface area contributed by atoms with E-state index in [2.05, 4.69) is 5.32 Å². The molecule has 0 radical (unpaired) electrons. The second-order valence-electron chi connectivity index (χ2n) is 4.21. The van der Waals surface area contributed by atoms with Gasteiger partial charge < -0.3 is 5.32 Å². The molecule has 0 aromatic carbocycles. The van der Waals surface area contributed by atoms with Crippen molar-refractivity contribution in [1.82, 2.24) is 9.62 Å².